The average Bonchev–Trinajstić information content (AvgIpc) is 2.57. The molecular formula is C21H28N2O3S2. The Labute approximate surface area is 172 Å². The Morgan fingerprint density at radius 1 is 1.00 bits per heavy atom. The Morgan fingerprint density at radius 2 is 1.61 bits per heavy atom. The van der Waals surface area contributed by atoms with E-state index in [2.05, 4.69) is 37.4 Å². The Kier molecular flexibility index (Phi) is 7.31. The number of carbonyl (C=O) groups is 1. The third-order valence-corrected chi connectivity index (χ3v) is 7.27. The first kappa shape index (κ1) is 22.5. The smallest absolute Gasteiger partial charge is 0.242 e. The van der Waals surface area contributed by atoms with Gasteiger partial charge in [0.15, 0.2) is 0 Å². The summed E-state index contributed by atoms with van der Waals surface area (Å²) >= 11 is 1.54. The summed E-state index contributed by atoms with van der Waals surface area (Å²) < 4.78 is 26.0. The van der Waals surface area contributed by atoms with Crippen molar-refractivity contribution in [2.75, 3.05) is 25.2 Å². The van der Waals surface area contributed by atoms with E-state index < -0.39 is 10.0 Å². The van der Waals surface area contributed by atoms with E-state index >= 15 is 0 Å². The molecule has 0 heterocycles. The monoisotopic (exact) mass is 420 g/mol. The minimum atomic E-state index is -3.56. The second kappa shape index (κ2) is 9.11. The topological polar surface area (TPSA) is 66.5 Å². The Hall–Kier alpha value is -1.83. The zero-order chi connectivity index (χ0) is 21.1. The molecule has 0 unspecified atom stereocenters. The van der Waals surface area contributed by atoms with Crippen LogP contribution in [0.15, 0.2) is 35.2 Å². The van der Waals surface area contributed by atoms with Crippen LogP contribution in [-0.4, -0.2) is 38.5 Å². The molecule has 2 aromatic rings. The molecule has 152 valence electrons. The van der Waals surface area contributed by atoms with Crippen molar-refractivity contribution < 1.29 is 13.2 Å². The van der Waals surface area contributed by atoms with Gasteiger partial charge in [0, 0.05) is 25.5 Å². The molecule has 5 nitrogen and oxygen atoms in total. The molecule has 28 heavy (non-hydrogen) atoms. The number of rotatable bonds is 7. The van der Waals surface area contributed by atoms with Crippen molar-refractivity contribution in [3.63, 3.8) is 0 Å². The normalized spacial score (nSPS) is 11.7. The Bertz CT molecular complexity index is 963. The van der Waals surface area contributed by atoms with E-state index in [9.17, 15) is 13.2 Å². The molecule has 0 aliphatic rings. The largest absolute Gasteiger partial charge is 0.325 e. The van der Waals surface area contributed by atoms with E-state index in [0.717, 1.165) is 16.9 Å². The molecule has 0 fully saturated rings. The van der Waals surface area contributed by atoms with Crippen molar-refractivity contribution in [3.05, 3.63) is 58.1 Å². The van der Waals surface area contributed by atoms with Crippen LogP contribution in [0, 0.1) is 27.7 Å². The van der Waals surface area contributed by atoms with Gasteiger partial charge < -0.3 is 5.32 Å². The number of anilines is 1. The summed E-state index contributed by atoms with van der Waals surface area (Å²) in [6, 6.07) is 9.54. The van der Waals surface area contributed by atoms with E-state index in [1.54, 1.807) is 6.07 Å². The second-order valence-electron chi connectivity index (χ2n) is 7.24. The first-order valence-electron chi connectivity index (χ1n) is 8.99. The number of benzene rings is 2. The van der Waals surface area contributed by atoms with Gasteiger partial charge in [0.05, 0.1) is 10.6 Å². The third-order valence-electron chi connectivity index (χ3n) is 4.48. The number of thioether (sulfide) groups is 1. The van der Waals surface area contributed by atoms with E-state index in [0.29, 0.717) is 11.4 Å². The summed E-state index contributed by atoms with van der Waals surface area (Å²) in [5, 5.41) is 2.87. The molecule has 0 bridgehead atoms. The summed E-state index contributed by atoms with van der Waals surface area (Å²) in [5.41, 5.74) is 5.85. The Balaban J connectivity index is 2.08. The molecule has 2 aromatic carbocycles. The van der Waals surface area contributed by atoms with E-state index in [4.69, 9.17) is 0 Å². The number of nitrogens with zero attached hydrogens (tertiary/aromatic N) is 1. The van der Waals surface area contributed by atoms with Crippen LogP contribution in [0.1, 0.15) is 27.8 Å². The quantitative estimate of drug-likeness (QED) is 0.734. The molecule has 0 saturated heterocycles. The van der Waals surface area contributed by atoms with Gasteiger partial charge in [-0.05, 0) is 56.5 Å². The number of nitrogens with one attached hydrogen (secondary N) is 1. The van der Waals surface area contributed by atoms with Crippen LogP contribution < -0.4 is 5.32 Å². The minimum absolute atomic E-state index is 0.142. The zero-order valence-corrected chi connectivity index (χ0v) is 18.9. The third kappa shape index (κ3) is 5.59. The number of aryl methyl sites for hydroxylation is 3. The molecule has 0 radical (unpaired) electrons. The summed E-state index contributed by atoms with van der Waals surface area (Å²) in [7, 11) is -0.574. The highest BCUT2D eigenvalue weighted by Gasteiger charge is 2.20. The lowest BCUT2D eigenvalue weighted by atomic mass is 10.1. The molecule has 0 aliphatic heterocycles. The first-order chi connectivity index (χ1) is 13.0. The lowest BCUT2D eigenvalue weighted by Crippen LogP contribution is -2.23. The minimum Gasteiger partial charge on any atom is -0.325 e. The van der Waals surface area contributed by atoms with Gasteiger partial charge in [-0.15, -0.1) is 11.8 Å². The van der Waals surface area contributed by atoms with Gasteiger partial charge in [0.25, 0.3) is 0 Å². The fourth-order valence-electron chi connectivity index (χ4n) is 2.92. The fraction of sp³-hybridized carbons (Fsp3) is 0.381. The first-order valence-corrected chi connectivity index (χ1v) is 11.6. The van der Waals surface area contributed by atoms with Crippen molar-refractivity contribution in [2.45, 2.75) is 38.3 Å². The number of sulfonamides is 1. The van der Waals surface area contributed by atoms with Crippen molar-refractivity contribution >= 4 is 33.4 Å². The van der Waals surface area contributed by atoms with E-state index in [-0.39, 0.29) is 10.8 Å². The van der Waals surface area contributed by atoms with Gasteiger partial charge in [0.2, 0.25) is 15.9 Å². The van der Waals surface area contributed by atoms with Crippen LogP contribution in [0.4, 0.5) is 5.69 Å². The summed E-state index contributed by atoms with van der Waals surface area (Å²) in [5.74, 6) is 0.912. The second-order valence-corrected chi connectivity index (χ2v) is 10.4. The van der Waals surface area contributed by atoms with Gasteiger partial charge in [0.1, 0.15) is 0 Å². The van der Waals surface area contributed by atoms with E-state index in [1.165, 1.54) is 52.9 Å². The number of amides is 1. The summed E-state index contributed by atoms with van der Waals surface area (Å²) in [6.07, 6.45) is 0. The fourth-order valence-corrected chi connectivity index (χ4v) is 4.69. The molecule has 0 aliphatic carbocycles. The van der Waals surface area contributed by atoms with Crippen LogP contribution in [0.25, 0.3) is 0 Å². The maximum atomic E-state index is 12.4. The molecule has 0 saturated carbocycles. The molecule has 0 atom stereocenters. The molecule has 0 spiro atoms. The molecule has 1 amide bonds. The van der Waals surface area contributed by atoms with Gasteiger partial charge in [-0.3, -0.25) is 4.79 Å². The summed E-state index contributed by atoms with van der Waals surface area (Å²) in [6.45, 7) is 7.84. The highest BCUT2D eigenvalue weighted by molar-refractivity contribution is 7.99. The van der Waals surface area contributed by atoms with Crippen molar-refractivity contribution in [2.24, 2.45) is 0 Å². The SMILES string of the molecule is Cc1cc(C)cc(CSCC(=O)Nc2cc(S(=O)(=O)N(C)C)cc(C)c2C)c1. The zero-order valence-electron chi connectivity index (χ0n) is 17.3. The van der Waals surface area contributed by atoms with Crippen LogP contribution >= 0.6 is 11.8 Å². The van der Waals surface area contributed by atoms with Gasteiger partial charge in [-0.25, -0.2) is 12.7 Å². The van der Waals surface area contributed by atoms with Gasteiger partial charge >= 0.3 is 0 Å². The number of hydrogen-bond donors (Lipinski definition) is 1. The average molecular weight is 421 g/mol. The molecule has 1 N–H and O–H groups in total. The van der Waals surface area contributed by atoms with Crippen molar-refractivity contribution in [1.82, 2.24) is 4.31 Å². The van der Waals surface area contributed by atoms with Crippen LogP contribution in [0.3, 0.4) is 0 Å². The maximum Gasteiger partial charge on any atom is 0.242 e. The van der Waals surface area contributed by atoms with Crippen LogP contribution in [0.5, 0.6) is 0 Å². The van der Waals surface area contributed by atoms with Crippen molar-refractivity contribution in [1.29, 1.82) is 0 Å². The van der Waals surface area contributed by atoms with Crippen LogP contribution in [-0.2, 0) is 20.6 Å². The van der Waals surface area contributed by atoms with Crippen LogP contribution in [0.2, 0.25) is 0 Å². The maximum absolute atomic E-state index is 12.4. The standard InChI is InChI=1S/C21H28N2O3S2/c1-14-7-15(2)9-18(8-14)12-27-13-21(24)22-20-11-19(10-16(3)17(20)4)28(25,26)23(5)6/h7-11H,12-13H2,1-6H3,(H,22,24). The molecule has 0 aromatic heterocycles. The summed E-state index contributed by atoms with van der Waals surface area (Å²) in [4.78, 5) is 12.6. The predicted molar refractivity (Wildman–Crippen MR) is 117 cm³/mol. The van der Waals surface area contributed by atoms with Gasteiger partial charge in [-0.2, -0.15) is 0 Å². The van der Waals surface area contributed by atoms with Crippen molar-refractivity contribution in [3.8, 4) is 0 Å². The highest BCUT2D eigenvalue weighted by Crippen LogP contribution is 2.26. The van der Waals surface area contributed by atoms with Gasteiger partial charge in [-0.1, -0.05) is 29.3 Å². The lowest BCUT2D eigenvalue weighted by molar-refractivity contribution is -0.113. The molecule has 7 heteroatoms. The molecular weight excluding hydrogens is 392 g/mol. The number of carbonyl (C=O) groups excluding carboxylic acids is 1. The van der Waals surface area contributed by atoms with E-state index in [1.807, 2.05) is 13.8 Å². The highest BCUT2D eigenvalue weighted by atomic mass is 32.2. The molecule has 2 rings (SSSR count). The lowest BCUT2D eigenvalue weighted by Gasteiger charge is -2.16. The Morgan fingerprint density at radius 3 is 2.18 bits per heavy atom. The number of hydrogen-bond acceptors (Lipinski definition) is 4. The predicted octanol–water partition coefficient (Wildman–Crippen LogP) is 4.04.